The third-order valence-electron chi connectivity index (χ3n) is 5.90. The molecule has 2 aromatic carbocycles. The smallest absolute Gasteiger partial charge is 0.264 e. The quantitative estimate of drug-likeness (QED) is 0.288. The number of nitrogens with zero attached hydrogens (tertiary/aromatic N) is 1. The summed E-state index contributed by atoms with van der Waals surface area (Å²) in [5.41, 5.74) is 0.678. The van der Waals surface area contributed by atoms with Crippen LogP contribution in [0.3, 0.4) is 0 Å². The summed E-state index contributed by atoms with van der Waals surface area (Å²) in [6.45, 7) is 10.7. The second kappa shape index (κ2) is 7.47. The number of hydrogen-bond donors (Lipinski definition) is 0. The second-order valence-corrected chi connectivity index (χ2v) is 13.8. The number of carbonyl (C=O) groups is 3. The number of halogens is 1. The van der Waals surface area contributed by atoms with Gasteiger partial charge in [0, 0.05) is 6.42 Å². The molecule has 0 unspecified atom stereocenters. The number of aldehydes is 1. The SMILES string of the molecule is CC(C)(C)[Si](C)(C)Oc1ccc(C[C@](F)(C=O)N2C(=O)c3ccccc3C2=O)cc1. The molecule has 0 saturated carbocycles. The minimum atomic E-state index is -2.77. The van der Waals surface area contributed by atoms with Crippen molar-refractivity contribution in [2.45, 2.75) is 51.1 Å². The minimum absolute atomic E-state index is 0.0225. The van der Waals surface area contributed by atoms with Crippen LogP contribution in [-0.4, -0.2) is 37.1 Å². The van der Waals surface area contributed by atoms with E-state index in [9.17, 15) is 14.4 Å². The van der Waals surface area contributed by atoms with Gasteiger partial charge in [0.15, 0.2) is 6.29 Å². The zero-order valence-electron chi connectivity index (χ0n) is 17.9. The van der Waals surface area contributed by atoms with Crippen LogP contribution in [0.25, 0.3) is 0 Å². The van der Waals surface area contributed by atoms with Crippen LogP contribution in [0.15, 0.2) is 48.5 Å². The highest BCUT2D eigenvalue weighted by molar-refractivity contribution is 6.74. The summed E-state index contributed by atoms with van der Waals surface area (Å²) in [6, 6.07) is 12.8. The maximum absolute atomic E-state index is 15.6. The predicted molar refractivity (Wildman–Crippen MR) is 115 cm³/mol. The zero-order chi connectivity index (χ0) is 22.3. The Hall–Kier alpha value is -2.80. The number of fused-ring (bicyclic) bond motifs is 1. The van der Waals surface area contributed by atoms with Crippen molar-refractivity contribution in [2.75, 3.05) is 0 Å². The first-order valence-corrected chi connectivity index (χ1v) is 12.7. The number of hydrogen-bond acceptors (Lipinski definition) is 4. The summed E-state index contributed by atoms with van der Waals surface area (Å²) in [4.78, 5) is 37.3. The van der Waals surface area contributed by atoms with Gasteiger partial charge < -0.3 is 4.43 Å². The largest absolute Gasteiger partial charge is 0.544 e. The van der Waals surface area contributed by atoms with Gasteiger partial charge in [0.2, 0.25) is 8.32 Å². The van der Waals surface area contributed by atoms with Crippen molar-refractivity contribution in [3.05, 3.63) is 65.2 Å². The normalized spacial score (nSPS) is 16.3. The first-order chi connectivity index (χ1) is 13.9. The topological polar surface area (TPSA) is 63.7 Å². The highest BCUT2D eigenvalue weighted by Gasteiger charge is 2.50. The van der Waals surface area contributed by atoms with Crippen LogP contribution >= 0.6 is 0 Å². The molecule has 0 spiro atoms. The Labute approximate surface area is 177 Å². The molecule has 0 aliphatic carbocycles. The molecule has 0 aromatic heterocycles. The molecular formula is C23H26FNO4Si. The van der Waals surface area contributed by atoms with Gasteiger partial charge in [-0.25, -0.2) is 9.29 Å². The molecule has 1 aliphatic rings. The fraction of sp³-hybridized carbons (Fsp3) is 0.348. The standard InChI is InChI=1S/C23H26FNO4Si/c1-22(2,3)30(4,5)29-17-12-10-16(11-13-17)14-23(24,15-26)25-20(27)18-8-6-7-9-19(18)21(25)28/h6-13,15H,14H2,1-5H3/t23-/m1/s1. The number of carbonyl (C=O) groups excluding carboxylic acids is 3. The van der Waals surface area contributed by atoms with Gasteiger partial charge in [-0.1, -0.05) is 45.0 Å². The van der Waals surface area contributed by atoms with Crippen LogP contribution < -0.4 is 4.43 Å². The van der Waals surface area contributed by atoms with Gasteiger partial charge in [0.1, 0.15) is 5.75 Å². The fourth-order valence-corrected chi connectivity index (χ4v) is 4.14. The summed E-state index contributed by atoms with van der Waals surface area (Å²) in [5.74, 6) is -3.71. The maximum Gasteiger partial charge on any atom is 0.264 e. The van der Waals surface area contributed by atoms with Crippen molar-refractivity contribution in [2.24, 2.45) is 0 Å². The Bertz CT molecular complexity index is 962. The van der Waals surface area contributed by atoms with Crippen molar-refractivity contribution in [3.63, 3.8) is 0 Å². The van der Waals surface area contributed by atoms with E-state index in [0.29, 0.717) is 16.2 Å². The lowest BCUT2D eigenvalue weighted by Crippen LogP contribution is -2.51. The molecule has 30 heavy (non-hydrogen) atoms. The summed E-state index contributed by atoms with van der Waals surface area (Å²) in [7, 11) is -2.02. The Balaban J connectivity index is 1.82. The summed E-state index contributed by atoms with van der Waals surface area (Å²) in [6.07, 6.45) is -0.406. The molecule has 5 nitrogen and oxygen atoms in total. The molecule has 1 aliphatic heterocycles. The van der Waals surface area contributed by atoms with Crippen molar-refractivity contribution in [1.29, 1.82) is 0 Å². The van der Waals surface area contributed by atoms with E-state index >= 15 is 4.39 Å². The van der Waals surface area contributed by atoms with Crippen LogP contribution in [0.4, 0.5) is 4.39 Å². The van der Waals surface area contributed by atoms with Crippen molar-refractivity contribution >= 4 is 26.4 Å². The third-order valence-corrected chi connectivity index (χ3v) is 10.3. The maximum atomic E-state index is 15.6. The Morgan fingerprint density at radius 2 is 1.47 bits per heavy atom. The van der Waals surface area contributed by atoms with E-state index in [4.69, 9.17) is 4.43 Å². The number of imide groups is 1. The average molecular weight is 428 g/mol. The Morgan fingerprint density at radius 1 is 0.967 bits per heavy atom. The molecule has 0 fully saturated rings. The number of benzene rings is 2. The first kappa shape index (κ1) is 21.9. The molecule has 0 saturated heterocycles. The molecule has 2 amide bonds. The fourth-order valence-electron chi connectivity index (χ4n) is 3.11. The highest BCUT2D eigenvalue weighted by Crippen LogP contribution is 2.37. The summed E-state index contributed by atoms with van der Waals surface area (Å²) >= 11 is 0. The van der Waals surface area contributed by atoms with E-state index < -0.39 is 32.3 Å². The van der Waals surface area contributed by atoms with Crippen molar-refractivity contribution in [1.82, 2.24) is 4.90 Å². The Morgan fingerprint density at radius 3 is 1.90 bits per heavy atom. The molecule has 3 rings (SSSR count). The van der Waals surface area contributed by atoms with Crippen LogP contribution in [0, 0.1) is 0 Å². The third kappa shape index (κ3) is 3.81. The van der Waals surface area contributed by atoms with E-state index in [2.05, 4.69) is 33.9 Å². The van der Waals surface area contributed by atoms with Gasteiger partial charge in [-0.05, 0) is 48.0 Å². The van der Waals surface area contributed by atoms with Gasteiger partial charge in [-0.2, -0.15) is 0 Å². The molecule has 1 heterocycles. The minimum Gasteiger partial charge on any atom is -0.544 e. The van der Waals surface area contributed by atoms with Crippen molar-refractivity contribution in [3.8, 4) is 5.75 Å². The number of amides is 2. The van der Waals surface area contributed by atoms with Gasteiger partial charge >= 0.3 is 0 Å². The lowest BCUT2D eigenvalue weighted by atomic mass is 10.0. The summed E-state index contributed by atoms with van der Waals surface area (Å²) in [5, 5.41) is 0.0305. The molecule has 0 radical (unpaired) electrons. The van der Waals surface area contributed by atoms with Crippen LogP contribution in [0.1, 0.15) is 47.1 Å². The monoisotopic (exact) mass is 427 g/mol. The van der Waals surface area contributed by atoms with Crippen LogP contribution in [0.2, 0.25) is 18.1 Å². The molecule has 0 N–H and O–H groups in total. The zero-order valence-corrected chi connectivity index (χ0v) is 18.9. The molecule has 0 bridgehead atoms. The van der Waals surface area contributed by atoms with Gasteiger partial charge in [0.25, 0.3) is 17.6 Å². The predicted octanol–water partition coefficient (Wildman–Crippen LogP) is 4.77. The first-order valence-electron chi connectivity index (χ1n) is 9.81. The average Bonchev–Trinajstić information content (AvgIpc) is 2.94. The van der Waals surface area contributed by atoms with E-state index in [-0.39, 0.29) is 22.5 Å². The number of alkyl halides is 1. The lowest BCUT2D eigenvalue weighted by Gasteiger charge is -2.36. The van der Waals surface area contributed by atoms with Gasteiger partial charge in [-0.3, -0.25) is 14.4 Å². The van der Waals surface area contributed by atoms with Crippen LogP contribution in [-0.2, 0) is 11.2 Å². The second-order valence-electron chi connectivity index (χ2n) is 9.11. The molecule has 7 heteroatoms. The van der Waals surface area contributed by atoms with E-state index in [0.717, 1.165) is 0 Å². The van der Waals surface area contributed by atoms with E-state index in [1.807, 2.05) is 0 Å². The van der Waals surface area contributed by atoms with Crippen LogP contribution in [0.5, 0.6) is 5.75 Å². The molecule has 158 valence electrons. The molecule has 1 atom stereocenters. The Kier molecular flexibility index (Phi) is 5.45. The summed E-state index contributed by atoms with van der Waals surface area (Å²) < 4.78 is 21.8. The van der Waals surface area contributed by atoms with E-state index in [1.165, 1.54) is 12.1 Å². The molecular weight excluding hydrogens is 401 g/mol. The lowest BCUT2D eigenvalue weighted by molar-refractivity contribution is -0.125. The van der Waals surface area contributed by atoms with Gasteiger partial charge in [-0.15, -0.1) is 0 Å². The molecule has 2 aromatic rings. The highest BCUT2D eigenvalue weighted by atomic mass is 28.4. The van der Waals surface area contributed by atoms with Gasteiger partial charge in [0.05, 0.1) is 11.1 Å². The van der Waals surface area contributed by atoms with E-state index in [1.54, 1.807) is 36.4 Å². The van der Waals surface area contributed by atoms with Crippen molar-refractivity contribution < 1.29 is 23.2 Å². The number of rotatable bonds is 6.